The molecule has 10 heteroatoms. The van der Waals surface area contributed by atoms with Crippen LogP contribution in [-0.2, 0) is 10.1 Å². The van der Waals surface area contributed by atoms with Crippen LogP contribution >= 0.6 is 11.3 Å². The number of halogens is 4. The van der Waals surface area contributed by atoms with E-state index in [1.165, 1.54) is 7.15 Å². The van der Waals surface area contributed by atoms with Gasteiger partial charge in [-0.3, -0.25) is 4.79 Å². The van der Waals surface area contributed by atoms with Crippen LogP contribution in [0.4, 0.5) is 13.2 Å². The van der Waals surface area contributed by atoms with Crippen molar-refractivity contribution in [2.24, 2.45) is 5.92 Å². The number of alkyl halides is 3. The Balaban J connectivity index is 0.000000343. The number of carbonyl (C=O) groups excluding carboxylic acids is 1. The van der Waals surface area contributed by atoms with Gasteiger partial charge in [0.1, 0.15) is 0 Å². The molecule has 0 N–H and O–H groups in total. The van der Waals surface area contributed by atoms with E-state index in [1.54, 1.807) is 11.3 Å². The summed E-state index contributed by atoms with van der Waals surface area (Å²) in [5.74, 6) is 0.670. The van der Waals surface area contributed by atoms with Crippen molar-refractivity contribution >= 4 is 27.2 Å². The molecule has 1 atom stereocenters. The fraction of sp³-hybridized carbons (Fsp3) is 0.250. The van der Waals surface area contributed by atoms with E-state index in [9.17, 15) is 18.0 Å². The Hall–Kier alpha value is -1.50. The zero-order chi connectivity index (χ0) is 22.4. The van der Waals surface area contributed by atoms with E-state index in [1.807, 2.05) is 17.5 Å². The maximum Gasteiger partial charge on any atom is 0.485 e. The molecule has 1 heterocycles. The van der Waals surface area contributed by atoms with Gasteiger partial charge in [0.05, 0.1) is 10.5 Å². The van der Waals surface area contributed by atoms with Crippen molar-refractivity contribution in [3.63, 3.8) is 0 Å². The molecule has 1 aromatic heterocycles. The van der Waals surface area contributed by atoms with Crippen LogP contribution in [0.15, 0.2) is 69.1 Å². The molecule has 4 nitrogen and oxygen atoms in total. The lowest BCUT2D eigenvalue weighted by Crippen LogP contribution is -3.61. The first-order valence-electron chi connectivity index (χ1n) is 8.74. The lowest BCUT2D eigenvalue weighted by molar-refractivity contribution is -0.583. The molecule has 0 fully saturated rings. The second-order valence-electron chi connectivity index (χ2n) is 6.07. The molecule has 1 aliphatic rings. The summed E-state index contributed by atoms with van der Waals surface area (Å²) in [5, 5.41) is 1.98. The second kappa shape index (κ2) is 10.7. The molecule has 0 radical (unpaired) electrons. The standard InChI is InChI=1S/C19H18IOS.CHF3O3S/c1-2-14-8-6-11-16(19(21)17-12-7-13-22-17)18(14)20-15-9-4-3-5-10-15;2-1(3,4)8(5,6)7/h3-10,12-14H,2,11H2,1H3;(H,5,6,7)/q+1;/p-1. The van der Waals surface area contributed by atoms with E-state index in [2.05, 4.69) is 49.4 Å². The monoisotopic (exact) mass is 570 g/mol. The molecule has 0 aliphatic heterocycles. The molecule has 162 valence electrons. The molecule has 1 unspecified atom stereocenters. The van der Waals surface area contributed by atoms with Gasteiger partial charge in [0.15, 0.2) is 17.3 Å². The lowest BCUT2D eigenvalue weighted by Gasteiger charge is -2.14. The summed E-state index contributed by atoms with van der Waals surface area (Å²) in [6.07, 6.45) is 6.32. The molecule has 0 bridgehead atoms. The minimum Gasteiger partial charge on any atom is -0.741 e. The first-order valence-corrected chi connectivity index (χ1v) is 13.2. The van der Waals surface area contributed by atoms with Gasteiger partial charge in [-0.2, -0.15) is 13.2 Å². The quantitative estimate of drug-likeness (QED) is 0.182. The maximum absolute atomic E-state index is 12.9. The molecule has 0 saturated carbocycles. The summed E-state index contributed by atoms with van der Waals surface area (Å²) in [4.78, 5) is 13.7. The number of benzene rings is 1. The van der Waals surface area contributed by atoms with Crippen molar-refractivity contribution in [1.29, 1.82) is 0 Å². The van der Waals surface area contributed by atoms with Crippen LogP contribution in [0.2, 0.25) is 0 Å². The summed E-state index contributed by atoms with van der Waals surface area (Å²) < 4.78 is 61.7. The Morgan fingerprint density at radius 2 is 1.83 bits per heavy atom. The Kier molecular flexibility index (Phi) is 8.83. The van der Waals surface area contributed by atoms with Gasteiger partial charge in [-0.1, -0.05) is 43.3 Å². The topological polar surface area (TPSA) is 74.3 Å². The summed E-state index contributed by atoms with van der Waals surface area (Å²) >= 11 is 1.27. The predicted molar refractivity (Wildman–Crippen MR) is 104 cm³/mol. The van der Waals surface area contributed by atoms with Gasteiger partial charge >= 0.3 is 26.7 Å². The van der Waals surface area contributed by atoms with Gasteiger partial charge in [0.25, 0.3) is 0 Å². The van der Waals surface area contributed by atoms with E-state index in [4.69, 9.17) is 13.0 Å². The van der Waals surface area contributed by atoms with Crippen molar-refractivity contribution in [3.8, 4) is 0 Å². The van der Waals surface area contributed by atoms with Crippen LogP contribution in [0.25, 0.3) is 0 Å². The highest BCUT2D eigenvalue weighted by molar-refractivity contribution is 7.86. The molecule has 0 amide bonds. The van der Waals surface area contributed by atoms with Gasteiger partial charge in [-0.05, 0) is 36.4 Å². The third kappa shape index (κ3) is 6.76. The highest BCUT2D eigenvalue weighted by Gasteiger charge is 2.37. The van der Waals surface area contributed by atoms with Crippen LogP contribution in [0.5, 0.6) is 0 Å². The average molecular weight is 570 g/mol. The summed E-state index contributed by atoms with van der Waals surface area (Å²) in [7, 11) is -6.09. The highest BCUT2D eigenvalue weighted by atomic mass is 127. The lowest BCUT2D eigenvalue weighted by atomic mass is 9.92. The molecule has 2 aromatic rings. The minimum absolute atomic E-state index is 0.239. The van der Waals surface area contributed by atoms with Crippen molar-refractivity contribution in [1.82, 2.24) is 0 Å². The molecule has 0 spiro atoms. The highest BCUT2D eigenvalue weighted by Crippen LogP contribution is 2.26. The van der Waals surface area contributed by atoms with Crippen LogP contribution in [-0.4, -0.2) is 24.3 Å². The van der Waals surface area contributed by atoms with Gasteiger partial charge in [0.2, 0.25) is 5.78 Å². The Morgan fingerprint density at radius 1 is 1.20 bits per heavy atom. The molecule has 1 aromatic carbocycles. The average Bonchev–Trinajstić information content (AvgIpc) is 3.22. The van der Waals surface area contributed by atoms with Crippen molar-refractivity contribution < 1.29 is 52.1 Å². The normalized spacial score (nSPS) is 16.8. The number of thiophene rings is 1. The minimum atomic E-state index is -6.09. The van der Waals surface area contributed by atoms with Crippen LogP contribution in [0, 0.1) is 9.49 Å². The Labute approximate surface area is 187 Å². The third-order valence-corrected chi connectivity index (χ3v) is 8.80. The number of allylic oxidation sites excluding steroid dienone is 4. The maximum atomic E-state index is 12.9. The van der Waals surface area contributed by atoms with E-state index in [0.717, 1.165) is 23.3 Å². The van der Waals surface area contributed by atoms with Crippen molar-refractivity contribution in [2.45, 2.75) is 25.3 Å². The smallest absolute Gasteiger partial charge is 0.485 e. The summed E-state index contributed by atoms with van der Waals surface area (Å²) in [6, 6.07) is 14.5. The number of hydrogen-bond donors (Lipinski definition) is 0. The van der Waals surface area contributed by atoms with Gasteiger partial charge in [-0.15, -0.1) is 11.3 Å². The zero-order valence-corrected chi connectivity index (χ0v) is 19.5. The fourth-order valence-corrected chi connectivity index (χ4v) is 6.53. The van der Waals surface area contributed by atoms with E-state index in [-0.39, 0.29) is 27.0 Å². The number of Topliss-reactive ketones (excluding diaryl/α,β-unsaturated/α-hetero) is 1. The molecule has 1 aliphatic carbocycles. The van der Waals surface area contributed by atoms with Crippen LogP contribution in [0.3, 0.4) is 0 Å². The van der Waals surface area contributed by atoms with Gasteiger partial charge in [0, 0.05) is 5.92 Å². The largest absolute Gasteiger partial charge is 0.741 e. The molecular weight excluding hydrogens is 552 g/mol. The second-order valence-corrected chi connectivity index (χ2v) is 11.3. The molecule has 0 saturated heterocycles. The first-order chi connectivity index (χ1) is 14.0. The van der Waals surface area contributed by atoms with E-state index in [0.29, 0.717) is 5.92 Å². The Morgan fingerprint density at radius 3 is 2.33 bits per heavy atom. The third-order valence-electron chi connectivity index (χ3n) is 3.99. The van der Waals surface area contributed by atoms with Crippen molar-refractivity contribution in [2.75, 3.05) is 0 Å². The zero-order valence-electron chi connectivity index (χ0n) is 15.7. The van der Waals surface area contributed by atoms with E-state index < -0.39 is 15.6 Å². The number of carbonyl (C=O) groups is 1. The summed E-state index contributed by atoms with van der Waals surface area (Å²) in [6.45, 7) is 2.21. The van der Waals surface area contributed by atoms with Crippen LogP contribution in [0.1, 0.15) is 29.4 Å². The fourth-order valence-electron chi connectivity index (χ4n) is 2.55. The number of rotatable bonds is 5. The molecular formula is C20H18F3IO4S2. The van der Waals surface area contributed by atoms with E-state index >= 15 is 0 Å². The molecule has 3 rings (SSSR count). The Bertz CT molecular complexity index is 1010. The summed E-state index contributed by atoms with van der Waals surface area (Å²) in [5.41, 5.74) is -4.60. The van der Waals surface area contributed by atoms with Crippen molar-refractivity contribution in [3.05, 3.63) is 77.6 Å². The molecule has 30 heavy (non-hydrogen) atoms. The van der Waals surface area contributed by atoms with Crippen LogP contribution < -0.4 is 21.2 Å². The van der Waals surface area contributed by atoms with Gasteiger partial charge in [-0.25, -0.2) is 8.42 Å². The number of ketones is 1. The SMILES string of the molecule is CCC1C=CCC(C(=O)c2cccs2)=C1[I+]c1ccccc1.O=S(=O)([O-])C(F)(F)F. The number of hydrogen-bond acceptors (Lipinski definition) is 5. The van der Waals surface area contributed by atoms with Gasteiger partial charge < -0.3 is 4.55 Å². The first kappa shape index (κ1) is 24.8. The predicted octanol–water partition coefficient (Wildman–Crippen LogP) is 2.18.